The van der Waals surface area contributed by atoms with Crippen molar-refractivity contribution in [3.05, 3.63) is 27.2 Å². The molecule has 0 unspecified atom stereocenters. The zero-order chi connectivity index (χ0) is 14.0. The fraction of sp³-hybridized carbons (Fsp3) is 0.333. The summed E-state index contributed by atoms with van der Waals surface area (Å²) in [5, 5.41) is 0. The number of aromatic nitrogens is 2. The first kappa shape index (κ1) is 14.2. The number of halogens is 2. The lowest BCUT2D eigenvalue weighted by Gasteiger charge is -2.04. The largest absolute Gasteiger partial charge is 0.370 e. The molecule has 1 amide bonds. The normalized spacial score (nSPS) is 11.1. The highest BCUT2D eigenvalue weighted by Gasteiger charge is 2.08. The number of nitrogens with zero attached hydrogens (tertiary/aromatic N) is 1. The molecule has 2 aromatic rings. The number of hydrogen-bond acceptors (Lipinski definition) is 2. The zero-order valence-corrected chi connectivity index (χ0v) is 12.5. The van der Waals surface area contributed by atoms with Crippen molar-refractivity contribution in [3.8, 4) is 0 Å². The summed E-state index contributed by atoms with van der Waals surface area (Å²) in [5.41, 5.74) is 6.60. The lowest BCUT2D eigenvalue weighted by atomic mass is 10.2. The molecule has 0 aliphatic heterocycles. The van der Waals surface area contributed by atoms with Crippen LogP contribution in [0.4, 0.5) is 4.39 Å². The van der Waals surface area contributed by atoms with E-state index in [1.807, 2.05) is 4.57 Å². The van der Waals surface area contributed by atoms with Gasteiger partial charge in [0.25, 0.3) is 0 Å². The van der Waals surface area contributed by atoms with E-state index in [1.165, 1.54) is 6.07 Å². The quantitative estimate of drug-likeness (QED) is 0.645. The summed E-state index contributed by atoms with van der Waals surface area (Å²) >= 11 is 8.38. The molecular weight excluding hydrogens is 333 g/mol. The van der Waals surface area contributed by atoms with E-state index in [4.69, 9.17) is 18.0 Å². The van der Waals surface area contributed by atoms with Gasteiger partial charge in [0, 0.05) is 19.0 Å². The van der Waals surface area contributed by atoms with Crippen LogP contribution < -0.4 is 5.73 Å². The predicted octanol–water partition coefficient (Wildman–Crippen LogP) is 3.26. The number of imidazole rings is 1. The van der Waals surface area contributed by atoms with E-state index in [-0.39, 0.29) is 11.7 Å². The molecule has 19 heavy (non-hydrogen) atoms. The SMILES string of the molecule is NC(=O)CCCCn1c(=S)[nH]c2cc(F)c(Br)cc21. The molecule has 0 aliphatic rings. The molecule has 0 saturated carbocycles. The lowest BCUT2D eigenvalue weighted by molar-refractivity contribution is -0.118. The number of fused-ring (bicyclic) bond motifs is 1. The van der Waals surface area contributed by atoms with Crippen LogP contribution in [-0.4, -0.2) is 15.5 Å². The van der Waals surface area contributed by atoms with Gasteiger partial charge in [0.2, 0.25) is 5.91 Å². The van der Waals surface area contributed by atoms with Gasteiger partial charge in [-0.15, -0.1) is 0 Å². The Balaban J connectivity index is 2.23. The first-order valence-electron chi connectivity index (χ1n) is 5.85. The fourth-order valence-electron chi connectivity index (χ4n) is 1.94. The number of hydrogen-bond donors (Lipinski definition) is 2. The van der Waals surface area contributed by atoms with Gasteiger partial charge in [0.1, 0.15) is 5.82 Å². The first-order valence-corrected chi connectivity index (χ1v) is 7.05. The summed E-state index contributed by atoms with van der Waals surface area (Å²) in [5.74, 6) is -0.628. The van der Waals surface area contributed by atoms with Crippen LogP contribution in [0.15, 0.2) is 16.6 Å². The number of unbranched alkanes of at least 4 members (excludes halogenated alkanes) is 1. The maximum Gasteiger partial charge on any atom is 0.217 e. The fourth-order valence-corrected chi connectivity index (χ4v) is 2.57. The number of rotatable bonds is 5. The second-order valence-electron chi connectivity index (χ2n) is 4.29. The van der Waals surface area contributed by atoms with Crippen LogP contribution in [0.2, 0.25) is 0 Å². The van der Waals surface area contributed by atoms with Crippen molar-refractivity contribution in [2.75, 3.05) is 0 Å². The predicted molar refractivity (Wildman–Crippen MR) is 77.8 cm³/mol. The molecular formula is C12H13BrFN3OS. The topological polar surface area (TPSA) is 63.8 Å². The van der Waals surface area contributed by atoms with Gasteiger partial charge in [-0.3, -0.25) is 4.79 Å². The van der Waals surface area contributed by atoms with Crippen molar-refractivity contribution >= 4 is 45.1 Å². The number of amides is 1. The Morgan fingerprint density at radius 1 is 1.47 bits per heavy atom. The Morgan fingerprint density at radius 3 is 2.89 bits per heavy atom. The van der Waals surface area contributed by atoms with Gasteiger partial charge in [-0.1, -0.05) is 0 Å². The lowest BCUT2D eigenvalue weighted by Crippen LogP contribution is -2.10. The molecule has 0 bridgehead atoms. The Labute approximate surface area is 122 Å². The Morgan fingerprint density at radius 2 is 2.21 bits per heavy atom. The zero-order valence-electron chi connectivity index (χ0n) is 10.1. The molecule has 7 heteroatoms. The molecule has 1 aromatic carbocycles. The maximum absolute atomic E-state index is 13.4. The summed E-state index contributed by atoms with van der Waals surface area (Å²) in [6, 6.07) is 3.11. The average molecular weight is 346 g/mol. The second kappa shape index (κ2) is 5.83. The highest BCUT2D eigenvalue weighted by Crippen LogP contribution is 2.23. The molecule has 2 rings (SSSR count). The third kappa shape index (κ3) is 3.22. The summed E-state index contributed by atoms with van der Waals surface area (Å²) in [7, 11) is 0. The van der Waals surface area contributed by atoms with Crippen LogP contribution in [0.1, 0.15) is 19.3 Å². The third-order valence-corrected chi connectivity index (χ3v) is 3.80. The van der Waals surface area contributed by atoms with Crippen molar-refractivity contribution in [1.29, 1.82) is 0 Å². The van der Waals surface area contributed by atoms with E-state index in [9.17, 15) is 9.18 Å². The number of benzene rings is 1. The van der Waals surface area contributed by atoms with Crippen molar-refractivity contribution in [3.63, 3.8) is 0 Å². The molecule has 102 valence electrons. The molecule has 0 fully saturated rings. The number of aryl methyl sites for hydroxylation is 1. The van der Waals surface area contributed by atoms with E-state index < -0.39 is 0 Å². The highest BCUT2D eigenvalue weighted by molar-refractivity contribution is 9.10. The standard InChI is InChI=1S/C12H13BrFN3OS/c13-7-5-10-9(6-8(7)14)16-12(19)17(10)4-2-1-3-11(15)18/h5-6H,1-4H2,(H2,15,18)(H,16,19). The number of carbonyl (C=O) groups excluding carboxylic acids is 1. The van der Waals surface area contributed by atoms with Gasteiger partial charge < -0.3 is 15.3 Å². The molecule has 0 radical (unpaired) electrons. The van der Waals surface area contributed by atoms with E-state index >= 15 is 0 Å². The summed E-state index contributed by atoms with van der Waals surface area (Å²) in [4.78, 5) is 13.6. The number of aromatic amines is 1. The number of carbonyl (C=O) groups is 1. The molecule has 0 spiro atoms. The van der Waals surface area contributed by atoms with Crippen LogP contribution in [-0.2, 0) is 11.3 Å². The molecule has 0 atom stereocenters. The average Bonchev–Trinajstić information content (AvgIpc) is 2.61. The summed E-state index contributed by atoms with van der Waals surface area (Å²) < 4.78 is 16.3. The third-order valence-electron chi connectivity index (χ3n) is 2.87. The summed E-state index contributed by atoms with van der Waals surface area (Å²) in [6.07, 6.45) is 1.87. The molecule has 1 heterocycles. The van der Waals surface area contributed by atoms with Gasteiger partial charge in [-0.05, 0) is 47.1 Å². The molecule has 1 aromatic heterocycles. The second-order valence-corrected chi connectivity index (χ2v) is 5.53. The molecule has 0 aliphatic carbocycles. The van der Waals surface area contributed by atoms with E-state index in [0.29, 0.717) is 34.1 Å². The monoisotopic (exact) mass is 345 g/mol. The van der Waals surface area contributed by atoms with Crippen LogP contribution in [0.5, 0.6) is 0 Å². The van der Waals surface area contributed by atoms with Crippen molar-refractivity contribution in [2.24, 2.45) is 5.73 Å². The van der Waals surface area contributed by atoms with Gasteiger partial charge in [-0.2, -0.15) is 0 Å². The van der Waals surface area contributed by atoms with Crippen LogP contribution >= 0.6 is 28.1 Å². The molecule has 0 saturated heterocycles. The number of primary amides is 1. The Hall–Kier alpha value is -1.21. The highest BCUT2D eigenvalue weighted by atomic mass is 79.9. The first-order chi connectivity index (χ1) is 8.99. The number of nitrogens with two attached hydrogens (primary N) is 1. The van der Waals surface area contributed by atoms with Crippen LogP contribution in [0, 0.1) is 10.6 Å². The summed E-state index contributed by atoms with van der Waals surface area (Å²) in [6.45, 7) is 0.671. The molecule has 3 N–H and O–H groups in total. The van der Waals surface area contributed by atoms with Gasteiger partial charge >= 0.3 is 0 Å². The van der Waals surface area contributed by atoms with E-state index in [2.05, 4.69) is 20.9 Å². The van der Waals surface area contributed by atoms with Gasteiger partial charge in [0.05, 0.1) is 15.5 Å². The minimum atomic E-state index is -0.329. The minimum absolute atomic E-state index is 0.299. The number of H-pyrrole nitrogens is 1. The maximum atomic E-state index is 13.4. The van der Waals surface area contributed by atoms with E-state index in [0.717, 1.165) is 11.9 Å². The van der Waals surface area contributed by atoms with Crippen molar-refractivity contribution in [1.82, 2.24) is 9.55 Å². The Kier molecular flexibility index (Phi) is 4.36. The van der Waals surface area contributed by atoms with Crippen molar-refractivity contribution < 1.29 is 9.18 Å². The van der Waals surface area contributed by atoms with Crippen LogP contribution in [0.3, 0.4) is 0 Å². The minimum Gasteiger partial charge on any atom is -0.370 e. The van der Waals surface area contributed by atoms with Gasteiger partial charge in [0.15, 0.2) is 4.77 Å². The molecule has 4 nitrogen and oxygen atoms in total. The smallest absolute Gasteiger partial charge is 0.217 e. The van der Waals surface area contributed by atoms with E-state index in [1.54, 1.807) is 6.07 Å². The van der Waals surface area contributed by atoms with Gasteiger partial charge in [-0.25, -0.2) is 4.39 Å². The van der Waals surface area contributed by atoms with Crippen molar-refractivity contribution in [2.45, 2.75) is 25.8 Å². The van der Waals surface area contributed by atoms with Crippen LogP contribution in [0.25, 0.3) is 11.0 Å². The Bertz CT molecular complexity index is 679. The number of nitrogens with one attached hydrogen (secondary N) is 1.